The van der Waals surface area contributed by atoms with Crippen LogP contribution in [0.25, 0.3) is 10.2 Å². The zero-order valence-corrected chi connectivity index (χ0v) is 11.5. The van der Waals surface area contributed by atoms with E-state index in [-0.39, 0.29) is 5.91 Å². The van der Waals surface area contributed by atoms with Gasteiger partial charge in [0.25, 0.3) is 0 Å². The van der Waals surface area contributed by atoms with E-state index >= 15 is 0 Å². The van der Waals surface area contributed by atoms with Gasteiger partial charge in [0.05, 0.1) is 18.5 Å². The zero-order valence-electron chi connectivity index (χ0n) is 10.6. The molecule has 2 N–H and O–H groups in total. The maximum atomic E-state index is 11.4. The molecule has 19 heavy (non-hydrogen) atoms. The van der Waals surface area contributed by atoms with Crippen molar-refractivity contribution < 1.29 is 4.79 Å². The SMILES string of the molecule is CNc1nc(CN2CCNC(=O)C2)nc2sccc12. The second kappa shape index (κ2) is 5.10. The lowest BCUT2D eigenvalue weighted by atomic mass is 10.3. The van der Waals surface area contributed by atoms with E-state index < -0.39 is 0 Å². The number of hydrogen-bond donors (Lipinski definition) is 2. The first-order chi connectivity index (χ1) is 9.26. The van der Waals surface area contributed by atoms with Crippen LogP contribution in [0, 0.1) is 0 Å². The average molecular weight is 277 g/mol. The van der Waals surface area contributed by atoms with Crippen molar-refractivity contribution in [3.8, 4) is 0 Å². The van der Waals surface area contributed by atoms with Crippen LogP contribution in [0.5, 0.6) is 0 Å². The minimum Gasteiger partial charge on any atom is -0.372 e. The summed E-state index contributed by atoms with van der Waals surface area (Å²) in [5.74, 6) is 1.68. The number of anilines is 1. The molecule has 6 nitrogen and oxygen atoms in total. The van der Waals surface area contributed by atoms with Gasteiger partial charge in [-0.25, -0.2) is 9.97 Å². The zero-order chi connectivity index (χ0) is 13.2. The molecule has 0 radical (unpaired) electrons. The standard InChI is InChI=1S/C12H15N5OS/c1-13-11-8-2-5-19-12(8)16-9(15-11)6-17-4-3-14-10(18)7-17/h2,5H,3-4,6-7H2,1H3,(H,14,18)(H,13,15,16). The number of aromatic nitrogens is 2. The van der Waals surface area contributed by atoms with Gasteiger partial charge >= 0.3 is 0 Å². The molecular formula is C12H15N5OS. The van der Waals surface area contributed by atoms with Gasteiger partial charge < -0.3 is 10.6 Å². The molecule has 1 aliphatic heterocycles. The Bertz CT molecular complexity index is 611. The van der Waals surface area contributed by atoms with Crippen LogP contribution in [-0.2, 0) is 11.3 Å². The largest absolute Gasteiger partial charge is 0.372 e. The fourth-order valence-electron chi connectivity index (χ4n) is 2.19. The van der Waals surface area contributed by atoms with Crippen LogP contribution in [0.3, 0.4) is 0 Å². The highest BCUT2D eigenvalue weighted by Gasteiger charge is 2.18. The van der Waals surface area contributed by atoms with Gasteiger partial charge in [0.1, 0.15) is 16.5 Å². The quantitative estimate of drug-likeness (QED) is 0.862. The summed E-state index contributed by atoms with van der Waals surface area (Å²) in [6, 6.07) is 2.02. The van der Waals surface area contributed by atoms with E-state index in [9.17, 15) is 4.79 Å². The first kappa shape index (κ1) is 12.3. The summed E-state index contributed by atoms with van der Waals surface area (Å²) in [5.41, 5.74) is 0. The molecule has 3 heterocycles. The van der Waals surface area contributed by atoms with E-state index in [1.54, 1.807) is 11.3 Å². The second-order valence-corrected chi connectivity index (χ2v) is 5.33. The van der Waals surface area contributed by atoms with Crippen molar-refractivity contribution in [2.45, 2.75) is 6.54 Å². The molecule has 0 aromatic carbocycles. The number of nitrogens with zero attached hydrogens (tertiary/aromatic N) is 3. The number of carbonyl (C=O) groups excluding carboxylic acids is 1. The third-order valence-corrected chi connectivity index (χ3v) is 3.90. The summed E-state index contributed by atoms with van der Waals surface area (Å²) in [4.78, 5) is 23.5. The number of hydrogen-bond acceptors (Lipinski definition) is 6. The van der Waals surface area contributed by atoms with Gasteiger partial charge in [-0.2, -0.15) is 0 Å². The second-order valence-electron chi connectivity index (χ2n) is 4.44. The van der Waals surface area contributed by atoms with Gasteiger partial charge in [-0.1, -0.05) is 0 Å². The van der Waals surface area contributed by atoms with Gasteiger partial charge in [0.2, 0.25) is 5.91 Å². The summed E-state index contributed by atoms with van der Waals surface area (Å²) in [5, 5.41) is 8.98. The Kier molecular flexibility index (Phi) is 3.31. The number of rotatable bonds is 3. The van der Waals surface area contributed by atoms with Crippen LogP contribution in [-0.4, -0.2) is 47.5 Å². The van der Waals surface area contributed by atoms with Crippen LogP contribution in [0.2, 0.25) is 0 Å². The van der Waals surface area contributed by atoms with Crippen molar-refractivity contribution in [2.75, 3.05) is 32.0 Å². The Morgan fingerprint density at radius 3 is 3.21 bits per heavy atom. The number of amides is 1. The van der Waals surface area contributed by atoms with Crippen molar-refractivity contribution in [1.29, 1.82) is 0 Å². The number of thiophene rings is 1. The predicted molar refractivity (Wildman–Crippen MR) is 75.2 cm³/mol. The molecule has 1 aliphatic rings. The third-order valence-electron chi connectivity index (χ3n) is 3.09. The van der Waals surface area contributed by atoms with Gasteiger partial charge in [-0.15, -0.1) is 11.3 Å². The van der Waals surface area contributed by atoms with E-state index in [0.29, 0.717) is 19.6 Å². The molecule has 2 aromatic rings. The summed E-state index contributed by atoms with van der Waals surface area (Å²) < 4.78 is 0. The predicted octanol–water partition coefficient (Wildman–Crippen LogP) is 0.665. The van der Waals surface area contributed by atoms with E-state index in [4.69, 9.17) is 0 Å². The molecule has 0 saturated carbocycles. The van der Waals surface area contributed by atoms with E-state index in [1.807, 2.05) is 18.5 Å². The Hall–Kier alpha value is -1.73. The lowest BCUT2D eigenvalue weighted by Gasteiger charge is -2.25. The molecule has 0 aliphatic carbocycles. The minimum atomic E-state index is 0.0669. The molecule has 1 saturated heterocycles. The lowest BCUT2D eigenvalue weighted by Crippen LogP contribution is -2.47. The number of nitrogens with one attached hydrogen (secondary N) is 2. The van der Waals surface area contributed by atoms with Crippen LogP contribution in [0.1, 0.15) is 5.82 Å². The van der Waals surface area contributed by atoms with Gasteiger partial charge in [0.15, 0.2) is 0 Å². The highest BCUT2D eigenvalue weighted by Crippen LogP contribution is 2.24. The highest BCUT2D eigenvalue weighted by atomic mass is 32.1. The topological polar surface area (TPSA) is 70.2 Å². The lowest BCUT2D eigenvalue weighted by molar-refractivity contribution is -0.124. The monoisotopic (exact) mass is 277 g/mol. The maximum absolute atomic E-state index is 11.4. The molecule has 0 unspecified atom stereocenters. The van der Waals surface area contributed by atoms with Crippen molar-refractivity contribution in [3.63, 3.8) is 0 Å². The molecule has 0 spiro atoms. The molecular weight excluding hydrogens is 262 g/mol. The van der Waals surface area contributed by atoms with Gasteiger partial charge in [-0.05, 0) is 11.4 Å². The van der Waals surface area contributed by atoms with E-state index in [2.05, 4.69) is 25.5 Å². The molecule has 0 atom stereocenters. The van der Waals surface area contributed by atoms with E-state index in [1.165, 1.54) is 0 Å². The van der Waals surface area contributed by atoms with Crippen LogP contribution >= 0.6 is 11.3 Å². The third kappa shape index (κ3) is 2.52. The Labute approximate surface area is 114 Å². The van der Waals surface area contributed by atoms with Crippen molar-refractivity contribution in [3.05, 3.63) is 17.3 Å². The molecule has 0 bridgehead atoms. The average Bonchev–Trinajstić information content (AvgIpc) is 2.86. The van der Waals surface area contributed by atoms with Crippen LogP contribution < -0.4 is 10.6 Å². The molecule has 2 aromatic heterocycles. The molecule has 1 fully saturated rings. The van der Waals surface area contributed by atoms with Gasteiger partial charge in [-0.3, -0.25) is 9.69 Å². The fourth-order valence-corrected chi connectivity index (χ4v) is 2.97. The van der Waals surface area contributed by atoms with E-state index in [0.717, 1.165) is 28.4 Å². The molecule has 7 heteroatoms. The Morgan fingerprint density at radius 2 is 2.42 bits per heavy atom. The Morgan fingerprint density at radius 1 is 1.53 bits per heavy atom. The first-order valence-corrected chi connectivity index (χ1v) is 7.05. The summed E-state index contributed by atoms with van der Waals surface area (Å²) in [7, 11) is 1.86. The number of piperazine rings is 1. The smallest absolute Gasteiger partial charge is 0.234 e. The highest BCUT2D eigenvalue weighted by molar-refractivity contribution is 7.16. The summed E-state index contributed by atoms with van der Waals surface area (Å²) >= 11 is 1.60. The number of carbonyl (C=O) groups is 1. The molecule has 3 rings (SSSR count). The molecule has 100 valence electrons. The van der Waals surface area contributed by atoms with Crippen molar-refractivity contribution in [1.82, 2.24) is 20.2 Å². The first-order valence-electron chi connectivity index (χ1n) is 6.17. The van der Waals surface area contributed by atoms with Crippen LogP contribution in [0.15, 0.2) is 11.4 Å². The number of fused-ring (bicyclic) bond motifs is 1. The van der Waals surface area contributed by atoms with Crippen molar-refractivity contribution in [2.24, 2.45) is 0 Å². The van der Waals surface area contributed by atoms with Gasteiger partial charge in [0, 0.05) is 20.1 Å². The van der Waals surface area contributed by atoms with Crippen LogP contribution in [0.4, 0.5) is 5.82 Å². The minimum absolute atomic E-state index is 0.0669. The molecule has 1 amide bonds. The fraction of sp³-hybridized carbons (Fsp3) is 0.417. The van der Waals surface area contributed by atoms with Crippen molar-refractivity contribution >= 4 is 33.3 Å². The Balaban J connectivity index is 1.85. The summed E-state index contributed by atoms with van der Waals surface area (Å²) in [6.07, 6.45) is 0. The maximum Gasteiger partial charge on any atom is 0.234 e. The normalized spacial score (nSPS) is 16.6. The summed E-state index contributed by atoms with van der Waals surface area (Å²) in [6.45, 7) is 2.56.